The zero-order valence-electron chi connectivity index (χ0n) is 42.9. The highest BCUT2D eigenvalue weighted by Gasteiger charge is 2.51. The highest BCUT2D eigenvalue weighted by Crippen LogP contribution is 2.40. The Bertz CT molecular complexity index is 976. The van der Waals surface area contributed by atoms with Crippen LogP contribution in [0.1, 0.15) is 150 Å². The molecule has 0 aromatic rings. The summed E-state index contributed by atoms with van der Waals surface area (Å²) < 4.78 is 10.5. The lowest BCUT2D eigenvalue weighted by molar-refractivity contribution is -0.207. The molecule has 0 saturated carbocycles. The highest BCUT2D eigenvalue weighted by molar-refractivity contribution is 7.99. The molecular weight excluding hydrogens is 751 g/mol. The Hall–Kier alpha value is -0.0100. The van der Waals surface area contributed by atoms with Gasteiger partial charge in [-0.15, -0.1) is 0 Å². The maximum atomic E-state index is 5.25. The van der Waals surface area contributed by atoms with Crippen molar-refractivity contribution in [1.82, 2.24) is 34.7 Å². The Labute approximate surface area is 373 Å². The smallest absolute Gasteiger partial charge is 0.0594 e. The molecule has 0 aromatic carbocycles. The number of piperidine rings is 1. The van der Waals surface area contributed by atoms with E-state index in [1.165, 1.54) is 103 Å². The minimum atomic E-state index is 0.323. The van der Waals surface area contributed by atoms with Crippen LogP contribution in [0.4, 0.5) is 0 Å². The van der Waals surface area contributed by atoms with Crippen molar-refractivity contribution in [3.8, 4) is 0 Å². The van der Waals surface area contributed by atoms with Crippen molar-refractivity contribution in [1.29, 1.82) is 0 Å². The van der Waals surface area contributed by atoms with Crippen molar-refractivity contribution in [3.05, 3.63) is 0 Å². The van der Waals surface area contributed by atoms with Gasteiger partial charge in [-0.3, -0.25) is 29.4 Å². The Balaban J connectivity index is 0.000000245. The molecule has 0 amide bonds. The largest absolute Gasteiger partial charge is 0.380 e. The van der Waals surface area contributed by atoms with Gasteiger partial charge in [0.25, 0.3) is 0 Å². The van der Waals surface area contributed by atoms with Gasteiger partial charge in [0.15, 0.2) is 0 Å². The van der Waals surface area contributed by atoms with Crippen LogP contribution in [0.5, 0.6) is 0 Å². The molecule has 10 heteroatoms. The van der Waals surface area contributed by atoms with E-state index in [1.54, 1.807) is 0 Å². The molecule has 9 nitrogen and oxygen atoms in total. The van der Waals surface area contributed by atoms with Crippen LogP contribution in [-0.2, 0) is 9.47 Å². The van der Waals surface area contributed by atoms with Crippen molar-refractivity contribution >= 4 is 11.8 Å². The molecular formula is C49H103N7O2S. The molecule has 7 rings (SSSR count). The van der Waals surface area contributed by atoms with E-state index in [4.69, 9.17) is 9.47 Å². The zero-order valence-corrected chi connectivity index (χ0v) is 43.7. The second-order valence-corrected chi connectivity index (χ2v) is 25.4. The van der Waals surface area contributed by atoms with E-state index in [2.05, 4.69) is 171 Å². The van der Waals surface area contributed by atoms with Crippen LogP contribution in [0.15, 0.2) is 0 Å². The maximum Gasteiger partial charge on any atom is 0.0594 e. The van der Waals surface area contributed by atoms with Gasteiger partial charge in [-0.2, -0.15) is 11.8 Å². The van der Waals surface area contributed by atoms with Crippen LogP contribution < -0.4 is 5.32 Å². The summed E-state index contributed by atoms with van der Waals surface area (Å²) in [5, 5.41) is 3.35. The minimum absolute atomic E-state index is 0.323. The number of thioether (sulfide) groups is 1. The monoisotopic (exact) mass is 854 g/mol. The molecule has 0 unspecified atom stereocenters. The summed E-state index contributed by atoms with van der Waals surface area (Å²) in [5.41, 5.74) is 2.85. The lowest BCUT2D eigenvalue weighted by atomic mass is 9.75. The summed E-state index contributed by atoms with van der Waals surface area (Å²) in [6.07, 6.45) is 5.64. The Kier molecular flexibility index (Phi) is 22.7. The molecule has 0 radical (unpaired) electrons. The molecule has 7 aliphatic rings. The zero-order chi connectivity index (χ0) is 44.8. The average molecular weight is 854 g/mol. The molecule has 1 N–H and O–H groups in total. The van der Waals surface area contributed by atoms with E-state index in [0.29, 0.717) is 38.6 Å². The van der Waals surface area contributed by atoms with E-state index < -0.39 is 0 Å². The Morgan fingerprint density at radius 1 is 0.373 bits per heavy atom. The fourth-order valence-corrected chi connectivity index (χ4v) is 9.07. The normalized spacial score (nSPS) is 24.3. The second-order valence-electron chi connectivity index (χ2n) is 24.2. The molecule has 7 aliphatic heterocycles. The molecule has 1 spiro atoms. The molecule has 7 saturated heterocycles. The van der Waals surface area contributed by atoms with Crippen LogP contribution >= 0.6 is 11.8 Å². The molecule has 0 aromatic heterocycles. The molecule has 7 fully saturated rings. The van der Waals surface area contributed by atoms with Crippen molar-refractivity contribution in [2.45, 2.75) is 184 Å². The maximum absolute atomic E-state index is 5.25. The van der Waals surface area contributed by atoms with Crippen LogP contribution in [-0.4, -0.2) is 192 Å². The van der Waals surface area contributed by atoms with Gasteiger partial charge in [0, 0.05) is 116 Å². The Morgan fingerprint density at radius 2 is 0.712 bits per heavy atom. The van der Waals surface area contributed by atoms with Gasteiger partial charge in [0.1, 0.15) is 0 Å². The standard InChI is InChI=1S/C9H17NO.C9H19N.C8H18N2.C8H17NO.C8H17NS.C7H15N/c1-8(2,3)10-4-9(5-10)6-11-7-9;1-9(2,3)10-7-5-4-6-8-10;1-8(2,3)10-6-4-9-5-7-10;2*1-8(2,3)9-4-6-10-7-5-9;1-7(2,3)8-5-4-6-8/h4-7H2,1-3H3;4-8H2,1-3H3;9H,4-7H2,1-3H3;2*4-7H2,1-3H3;4-6H2,1-3H3. The number of hydrogen-bond acceptors (Lipinski definition) is 10. The van der Waals surface area contributed by atoms with Gasteiger partial charge in [-0.1, -0.05) is 6.42 Å². The van der Waals surface area contributed by atoms with Crippen molar-refractivity contribution in [2.24, 2.45) is 5.41 Å². The molecule has 0 atom stereocenters. The van der Waals surface area contributed by atoms with Crippen LogP contribution in [0, 0.1) is 5.41 Å². The number of ether oxygens (including phenoxy) is 2. The number of rotatable bonds is 0. The molecule has 7 heterocycles. The average Bonchev–Trinajstić information content (AvgIpc) is 3.07. The summed E-state index contributed by atoms with van der Waals surface area (Å²) in [4.78, 5) is 15.1. The SMILES string of the molecule is CC(C)(C)N1CC2(COC2)C1.CC(C)(C)N1CCC1.CC(C)(C)N1CCCCC1.CC(C)(C)N1CCNCC1.CC(C)(C)N1CCOCC1.CC(C)(C)N1CCSCC1. The number of likely N-dealkylation sites (tertiary alicyclic amines) is 3. The van der Waals surface area contributed by atoms with E-state index in [0.717, 1.165) is 52.6 Å². The third kappa shape index (κ3) is 21.5. The fourth-order valence-electron chi connectivity index (χ4n) is 8.17. The summed E-state index contributed by atoms with van der Waals surface area (Å²) in [7, 11) is 0. The number of piperazine rings is 1. The van der Waals surface area contributed by atoms with E-state index in [9.17, 15) is 0 Å². The lowest BCUT2D eigenvalue weighted by Crippen LogP contribution is -2.69. The summed E-state index contributed by atoms with van der Waals surface area (Å²) in [5.74, 6) is 2.63. The molecule has 59 heavy (non-hydrogen) atoms. The van der Waals surface area contributed by atoms with Crippen molar-refractivity contribution in [2.75, 3.05) is 130 Å². The van der Waals surface area contributed by atoms with Crippen LogP contribution in [0.25, 0.3) is 0 Å². The van der Waals surface area contributed by atoms with Gasteiger partial charge in [-0.05, 0) is 170 Å². The van der Waals surface area contributed by atoms with E-state index in [1.807, 2.05) is 0 Å². The fraction of sp³-hybridized carbons (Fsp3) is 1.00. The van der Waals surface area contributed by atoms with Gasteiger partial charge >= 0.3 is 0 Å². The topological polar surface area (TPSA) is 49.9 Å². The van der Waals surface area contributed by atoms with Crippen molar-refractivity contribution < 1.29 is 9.47 Å². The molecule has 352 valence electrons. The Morgan fingerprint density at radius 3 is 0.966 bits per heavy atom. The number of hydrogen-bond donors (Lipinski definition) is 1. The highest BCUT2D eigenvalue weighted by atomic mass is 32.2. The first-order chi connectivity index (χ1) is 27.0. The van der Waals surface area contributed by atoms with Crippen molar-refractivity contribution in [3.63, 3.8) is 0 Å². The second kappa shape index (κ2) is 24.3. The predicted octanol–water partition coefficient (Wildman–Crippen LogP) is 8.52. The first-order valence-corrected chi connectivity index (χ1v) is 25.1. The first kappa shape index (κ1) is 55.1. The number of nitrogens with zero attached hydrogens (tertiary/aromatic N) is 6. The third-order valence-electron chi connectivity index (χ3n) is 12.9. The molecule has 0 bridgehead atoms. The van der Waals surface area contributed by atoms with Gasteiger partial charge in [0.2, 0.25) is 0 Å². The number of nitrogens with one attached hydrogen (secondary N) is 1. The third-order valence-corrected chi connectivity index (χ3v) is 13.9. The van der Waals surface area contributed by atoms with E-state index in [-0.39, 0.29) is 0 Å². The quantitative estimate of drug-likeness (QED) is 0.257. The number of morpholine rings is 1. The lowest BCUT2D eigenvalue weighted by Gasteiger charge is -2.59. The first-order valence-electron chi connectivity index (χ1n) is 24.0. The predicted molar refractivity (Wildman–Crippen MR) is 261 cm³/mol. The minimum Gasteiger partial charge on any atom is -0.380 e. The summed E-state index contributed by atoms with van der Waals surface area (Å²) in [6.45, 7) is 62.0. The van der Waals surface area contributed by atoms with Crippen LogP contribution in [0.2, 0.25) is 0 Å². The van der Waals surface area contributed by atoms with Crippen LogP contribution in [0.3, 0.4) is 0 Å². The summed E-state index contributed by atoms with van der Waals surface area (Å²) >= 11 is 2.07. The van der Waals surface area contributed by atoms with E-state index >= 15 is 0 Å². The molecule has 0 aliphatic carbocycles. The van der Waals surface area contributed by atoms with Gasteiger partial charge in [0.05, 0.1) is 26.4 Å². The summed E-state index contributed by atoms with van der Waals surface area (Å²) in [6, 6.07) is 0. The van der Waals surface area contributed by atoms with Gasteiger partial charge in [-0.25, -0.2) is 0 Å². The van der Waals surface area contributed by atoms with Gasteiger partial charge < -0.3 is 14.8 Å².